The van der Waals surface area contributed by atoms with E-state index in [9.17, 15) is 4.79 Å². The highest BCUT2D eigenvalue weighted by molar-refractivity contribution is 6.30. The van der Waals surface area contributed by atoms with Crippen molar-refractivity contribution in [2.75, 3.05) is 5.32 Å². The van der Waals surface area contributed by atoms with E-state index in [4.69, 9.17) is 17.3 Å². The molecule has 0 radical (unpaired) electrons. The van der Waals surface area contributed by atoms with Gasteiger partial charge in [-0.2, -0.15) is 0 Å². The molecule has 3 nitrogen and oxygen atoms in total. The van der Waals surface area contributed by atoms with E-state index in [1.54, 1.807) is 0 Å². The molecule has 5 heteroatoms. The van der Waals surface area contributed by atoms with Gasteiger partial charge in [-0.3, -0.25) is 4.79 Å². The minimum atomic E-state index is -0.230. The Bertz CT molecular complexity index is 686. The third-order valence-corrected chi connectivity index (χ3v) is 4.08. The van der Waals surface area contributed by atoms with Crippen LogP contribution in [0.4, 0.5) is 5.69 Å². The fourth-order valence-electron chi connectivity index (χ4n) is 2.14. The zero-order valence-corrected chi connectivity index (χ0v) is 15.0. The van der Waals surface area contributed by atoms with Crippen molar-refractivity contribution in [3.05, 3.63) is 53.1 Å². The van der Waals surface area contributed by atoms with Crippen LogP contribution in [-0.2, 0) is 4.79 Å². The van der Waals surface area contributed by atoms with Crippen LogP contribution in [0.1, 0.15) is 19.4 Å². The predicted octanol–water partition coefficient (Wildman–Crippen LogP) is 4.66. The summed E-state index contributed by atoms with van der Waals surface area (Å²) in [6.45, 7) is 5.63. The molecule has 0 aliphatic heterocycles. The zero-order chi connectivity index (χ0) is 16.3. The van der Waals surface area contributed by atoms with Crippen molar-refractivity contribution in [2.24, 2.45) is 11.7 Å². The fraction of sp³-hybridized carbons (Fsp3) is 0.278. The number of hydrogen-bond donors (Lipinski definition) is 2. The Labute approximate surface area is 148 Å². The molecule has 3 N–H and O–H groups in total. The lowest BCUT2D eigenvalue weighted by Gasteiger charge is -2.17. The number of benzene rings is 2. The molecule has 2 aromatic rings. The molecule has 0 aliphatic carbocycles. The number of amides is 1. The second kappa shape index (κ2) is 8.34. The topological polar surface area (TPSA) is 55.1 Å². The first-order valence-electron chi connectivity index (χ1n) is 7.31. The third-order valence-electron chi connectivity index (χ3n) is 3.84. The van der Waals surface area contributed by atoms with Crippen LogP contribution in [0.3, 0.4) is 0 Å². The van der Waals surface area contributed by atoms with Crippen LogP contribution in [0.2, 0.25) is 5.02 Å². The number of halogens is 2. The van der Waals surface area contributed by atoms with E-state index < -0.39 is 0 Å². The normalized spacial score (nSPS) is 12.9. The minimum absolute atomic E-state index is 0. The number of anilines is 1. The lowest BCUT2D eigenvalue weighted by Crippen LogP contribution is -2.34. The SMILES string of the molecule is Cc1cc(-c2cccc(Cl)c2)ccc1NC(=O)C(C)C(C)N.Cl. The molecule has 1 amide bonds. The molecule has 124 valence electrons. The molecule has 0 fully saturated rings. The summed E-state index contributed by atoms with van der Waals surface area (Å²) in [5, 5.41) is 3.64. The first-order valence-corrected chi connectivity index (χ1v) is 7.69. The minimum Gasteiger partial charge on any atom is -0.327 e. The smallest absolute Gasteiger partial charge is 0.228 e. The second-order valence-electron chi connectivity index (χ2n) is 5.68. The van der Waals surface area contributed by atoms with Crippen molar-refractivity contribution in [3.8, 4) is 11.1 Å². The molecule has 0 saturated carbocycles. The molecular weight excluding hydrogens is 331 g/mol. The van der Waals surface area contributed by atoms with Crippen LogP contribution in [0.5, 0.6) is 0 Å². The number of carbonyl (C=O) groups excluding carboxylic acids is 1. The van der Waals surface area contributed by atoms with Crippen LogP contribution in [0.15, 0.2) is 42.5 Å². The van der Waals surface area contributed by atoms with Crippen LogP contribution < -0.4 is 11.1 Å². The Morgan fingerprint density at radius 2 is 1.78 bits per heavy atom. The first kappa shape index (κ1) is 19.5. The quantitative estimate of drug-likeness (QED) is 0.840. The van der Waals surface area contributed by atoms with Gasteiger partial charge in [0.1, 0.15) is 0 Å². The molecule has 23 heavy (non-hydrogen) atoms. The average Bonchev–Trinajstić information content (AvgIpc) is 2.48. The summed E-state index contributed by atoms with van der Waals surface area (Å²) in [5.41, 5.74) is 9.70. The predicted molar refractivity (Wildman–Crippen MR) is 100 cm³/mol. The average molecular weight is 353 g/mol. The molecule has 0 aromatic heterocycles. The molecule has 0 spiro atoms. The molecule has 2 atom stereocenters. The van der Waals surface area contributed by atoms with Gasteiger partial charge in [0.2, 0.25) is 5.91 Å². The van der Waals surface area contributed by atoms with Gasteiger partial charge in [0.25, 0.3) is 0 Å². The zero-order valence-electron chi connectivity index (χ0n) is 13.5. The number of carbonyl (C=O) groups is 1. The van der Waals surface area contributed by atoms with E-state index in [2.05, 4.69) is 5.32 Å². The van der Waals surface area contributed by atoms with Crippen molar-refractivity contribution < 1.29 is 4.79 Å². The molecule has 2 aromatic carbocycles. The van der Waals surface area contributed by atoms with Crippen LogP contribution in [0, 0.1) is 12.8 Å². The summed E-state index contributed by atoms with van der Waals surface area (Å²) in [6, 6.07) is 13.5. The monoisotopic (exact) mass is 352 g/mol. The van der Waals surface area contributed by atoms with Gasteiger partial charge in [0, 0.05) is 16.8 Å². The summed E-state index contributed by atoms with van der Waals surface area (Å²) in [7, 11) is 0. The molecule has 0 heterocycles. The Kier molecular flexibility index (Phi) is 7.07. The lowest BCUT2D eigenvalue weighted by molar-refractivity contribution is -0.119. The summed E-state index contributed by atoms with van der Waals surface area (Å²) in [5.74, 6) is -0.291. The Morgan fingerprint density at radius 1 is 1.13 bits per heavy atom. The molecule has 2 unspecified atom stereocenters. The van der Waals surface area contributed by atoms with Crippen LogP contribution in [-0.4, -0.2) is 11.9 Å². The van der Waals surface area contributed by atoms with E-state index in [0.29, 0.717) is 5.02 Å². The highest BCUT2D eigenvalue weighted by atomic mass is 35.5. The Hall–Kier alpha value is -1.55. The lowest BCUT2D eigenvalue weighted by atomic mass is 10.0. The maximum absolute atomic E-state index is 12.1. The Morgan fingerprint density at radius 3 is 2.35 bits per heavy atom. The maximum Gasteiger partial charge on any atom is 0.228 e. The van der Waals surface area contributed by atoms with Crippen molar-refractivity contribution in [1.82, 2.24) is 0 Å². The van der Waals surface area contributed by atoms with Gasteiger partial charge in [-0.25, -0.2) is 0 Å². The third kappa shape index (κ3) is 4.96. The molecule has 0 aliphatic rings. The fourth-order valence-corrected chi connectivity index (χ4v) is 2.33. The van der Waals surface area contributed by atoms with Crippen molar-refractivity contribution >= 4 is 35.6 Å². The van der Waals surface area contributed by atoms with Gasteiger partial charge < -0.3 is 11.1 Å². The van der Waals surface area contributed by atoms with Gasteiger partial charge >= 0.3 is 0 Å². The Balaban J connectivity index is 0.00000264. The van der Waals surface area contributed by atoms with Gasteiger partial charge in [0.15, 0.2) is 0 Å². The maximum atomic E-state index is 12.1. The van der Waals surface area contributed by atoms with Gasteiger partial charge in [-0.05, 0) is 54.8 Å². The van der Waals surface area contributed by atoms with E-state index >= 15 is 0 Å². The summed E-state index contributed by atoms with van der Waals surface area (Å²) >= 11 is 6.03. The van der Waals surface area contributed by atoms with Crippen molar-refractivity contribution in [3.63, 3.8) is 0 Å². The van der Waals surface area contributed by atoms with Crippen LogP contribution in [0.25, 0.3) is 11.1 Å². The van der Waals surface area contributed by atoms with Gasteiger partial charge in [-0.1, -0.05) is 36.7 Å². The van der Waals surface area contributed by atoms with E-state index in [-0.39, 0.29) is 30.3 Å². The highest BCUT2D eigenvalue weighted by Gasteiger charge is 2.17. The van der Waals surface area contributed by atoms with E-state index in [0.717, 1.165) is 22.4 Å². The number of nitrogens with two attached hydrogens (primary N) is 1. The standard InChI is InChI=1S/C18H21ClN2O.ClH/c1-11-9-15(14-5-4-6-16(19)10-14)7-8-17(11)21-18(22)12(2)13(3)20;/h4-10,12-13H,20H2,1-3H3,(H,21,22);1H. The molecule has 2 rings (SSSR count). The highest BCUT2D eigenvalue weighted by Crippen LogP contribution is 2.27. The van der Waals surface area contributed by atoms with Crippen molar-refractivity contribution in [1.29, 1.82) is 0 Å². The number of hydrogen-bond acceptors (Lipinski definition) is 2. The molecule has 0 saturated heterocycles. The first-order chi connectivity index (χ1) is 10.4. The van der Waals surface area contributed by atoms with Gasteiger partial charge in [0.05, 0.1) is 5.92 Å². The largest absolute Gasteiger partial charge is 0.327 e. The molecule has 0 bridgehead atoms. The number of aryl methyl sites for hydroxylation is 1. The molecular formula is C18H22Cl2N2O. The van der Waals surface area contributed by atoms with Crippen molar-refractivity contribution in [2.45, 2.75) is 26.8 Å². The van der Waals surface area contributed by atoms with Gasteiger partial charge in [-0.15, -0.1) is 12.4 Å². The van der Waals surface area contributed by atoms with E-state index in [1.165, 1.54) is 0 Å². The summed E-state index contributed by atoms with van der Waals surface area (Å²) in [6.07, 6.45) is 0. The second-order valence-corrected chi connectivity index (χ2v) is 6.11. The summed E-state index contributed by atoms with van der Waals surface area (Å²) in [4.78, 5) is 12.1. The van der Waals surface area contributed by atoms with E-state index in [1.807, 2.05) is 63.2 Å². The number of rotatable bonds is 4. The van der Waals surface area contributed by atoms with Crippen LogP contribution >= 0.6 is 24.0 Å². The summed E-state index contributed by atoms with van der Waals surface area (Å²) < 4.78 is 0. The number of nitrogens with one attached hydrogen (secondary N) is 1.